The van der Waals surface area contributed by atoms with Crippen LogP contribution < -0.4 is 34.3 Å². The molecular formula is C7H6FNaO3S. The molecule has 0 amide bonds. The first kappa shape index (κ1) is 13.1. The Morgan fingerprint density at radius 1 is 1.54 bits per heavy atom. The molecule has 0 radical (unpaired) electrons. The predicted octanol–water partition coefficient (Wildman–Crippen LogP) is -1.92. The van der Waals surface area contributed by atoms with Gasteiger partial charge in [-0.25, -0.2) is 4.39 Å². The van der Waals surface area contributed by atoms with Gasteiger partial charge in [0.2, 0.25) is 0 Å². The molecule has 0 aliphatic rings. The van der Waals surface area contributed by atoms with Crippen molar-refractivity contribution >= 4 is 11.1 Å². The van der Waals surface area contributed by atoms with Gasteiger partial charge in [-0.1, -0.05) is 0 Å². The van der Waals surface area contributed by atoms with Crippen LogP contribution in [0.25, 0.3) is 0 Å². The second-order valence-electron chi connectivity index (χ2n) is 2.03. The predicted molar refractivity (Wildman–Crippen MR) is 40.1 cm³/mol. The van der Waals surface area contributed by atoms with Crippen LogP contribution in [0.2, 0.25) is 0 Å². The fraction of sp³-hybridized carbons (Fsp3) is 0.143. The minimum atomic E-state index is -2.40. The van der Waals surface area contributed by atoms with Crippen molar-refractivity contribution in [2.45, 2.75) is 4.90 Å². The Morgan fingerprint density at radius 3 is 2.54 bits per heavy atom. The number of hydrogen-bond acceptors (Lipinski definition) is 3. The molecule has 0 aliphatic heterocycles. The van der Waals surface area contributed by atoms with Gasteiger partial charge in [-0.3, -0.25) is 4.21 Å². The summed E-state index contributed by atoms with van der Waals surface area (Å²) in [4.78, 5) is -0.0895. The molecule has 1 atom stereocenters. The first-order valence-corrected chi connectivity index (χ1v) is 4.15. The number of methoxy groups -OCH3 is 1. The zero-order chi connectivity index (χ0) is 9.14. The minimum absolute atomic E-state index is 0. The molecule has 1 aromatic carbocycles. The van der Waals surface area contributed by atoms with Crippen LogP contribution in [-0.2, 0) is 11.1 Å². The van der Waals surface area contributed by atoms with Crippen molar-refractivity contribution in [3.63, 3.8) is 0 Å². The number of rotatable bonds is 2. The maximum atomic E-state index is 12.8. The third-order valence-electron chi connectivity index (χ3n) is 1.32. The van der Waals surface area contributed by atoms with E-state index in [1.165, 1.54) is 19.2 Å². The second kappa shape index (κ2) is 5.72. The fourth-order valence-electron chi connectivity index (χ4n) is 0.751. The van der Waals surface area contributed by atoms with Gasteiger partial charge in [-0.05, 0) is 29.3 Å². The Hall–Kier alpha value is 0.0600. The van der Waals surface area contributed by atoms with Crippen LogP contribution in [0.5, 0.6) is 5.75 Å². The molecule has 6 heteroatoms. The molecule has 0 heterocycles. The zero-order valence-corrected chi connectivity index (χ0v) is 10.1. The summed E-state index contributed by atoms with van der Waals surface area (Å²) in [5.74, 6) is -0.650. The van der Waals surface area contributed by atoms with E-state index < -0.39 is 16.9 Å². The summed E-state index contributed by atoms with van der Waals surface area (Å²) in [6, 6.07) is 3.44. The zero-order valence-electron chi connectivity index (χ0n) is 7.24. The van der Waals surface area contributed by atoms with Crippen molar-refractivity contribution in [1.29, 1.82) is 0 Å². The summed E-state index contributed by atoms with van der Waals surface area (Å²) in [5, 5.41) is 0. The Labute approximate surface area is 99.9 Å². The Kier molecular flexibility index (Phi) is 5.75. The summed E-state index contributed by atoms with van der Waals surface area (Å²) >= 11 is -2.40. The standard InChI is InChI=1S/C7H7FO3S.Na/c1-11-7-3-2-5(12(9)10)4-6(7)8;/h2-4H,1H3,(H,9,10);/q;+1/p-1. The summed E-state index contributed by atoms with van der Waals surface area (Å²) < 4.78 is 38.1. The Balaban J connectivity index is 0.00000144. The normalized spacial score (nSPS) is 11.6. The second-order valence-corrected chi connectivity index (χ2v) is 2.97. The van der Waals surface area contributed by atoms with Gasteiger partial charge in [0.1, 0.15) is 0 Å². The summed E-state index contributed by atoms with van der Waals surface area (Å²) in [6.45, 7) is 0. The van der Waals surface area contributed by atoms with E-state index in [-0.39, 0.29) is 40.2 Å². The summed E-state index contributed by atoms with van der Waals surface area (Å²) in [5.41, 5.74) is 0. The van der Waals surface area contributed by atoms with E-state index in [2.05, 4.69) is 4.74 Å². The molecule has 1 unspecified atom stereocenters. The molecule has 0 aliphatic carbocycles. The van der Waals surface area contributed by atoms with Crippen molar-refractivity contribution in [1.82, 2.24) is 0 Å². The smallest absolute Gasteiger partial charge is 0.768 e. The summed E-state index contributed by atoms with van der Waals surface area (Å²) in [6.07, 6.45) is 0. The number of benzene rings is 1. The molecule has 0 saturated carbocycles. The molecule has 66 valence electrons. The van der Waals surface area contributed by atoms with E-state index in [9.17, 15) is 13.2 Å². The van der Waals surface area contributed by atoms with E-state index in [0.717, 1.165) is 6.07 Å². The van der Waals surface area contributed by atoms with Crippen molar-refractivity contribution < 1.29 is 47.4 Å². The van der Waals surface area contributed by atoms with Gasteiger partial charge in [-0.15, -0.1) is 0 Å². The van der Waals surface area contributed by atoms with Gasteiger partial charge in [-0.2, -0.15) is 0 Å². The quantitative estimate of drug-likeness (QED) is 0.424. The van der Waals surface area contributed by atoms with Crippen LogP contribution in [0.15, 0.2) is 23.1 Å². The molecule has 3 nitrogen and oxygen atoms in total. The number of ether oxygens (including phenoxy) is 1. The van der Waals surface area contributed by atoms with Crippen LogP contribution in [0.1, 0.15) is 0 Å². The molecular weight excluding hydrogens is 206 g/mol. The van der Waals surface area contributed by atoms with E-state index >= 15 is 0 Å². The first-order chi connectivity index (χ1) is 5.65. The van der Waals surface area contributed by atoms with Gasteiger partial charge in [0.05, 0.1) is 7.11 Å². The van der Waals surface area contributed by atoms with Gasteiger partial charge in [0, 0.05) is 4.90 Å². The third kappa shape index (κ3) is 3.36. The van der Waals surface area contributed by atoms with Crippen LogP contribution in [0.4, 0.5) is 4.39 Å². The SMILES string of the molecule is COc1ccc(S(=O)[O-])cc1F.[Na+]. The molecule has 1 rings (SSSR count). The van der Waals surface area contributed by atoms with Crippen LogP contribution in [0.3, 0.4) is 0 Å². The van der Waals surface area contributed by atoms with Crippen molar-refractivity contribution in [3.05, 3.63) is 24.0 Å². The molecule has 0 spiro atoms. The Bertz CT molecular complexity index is 319. The number of halogens is 1. The van der Waals surface area contributed by atoms with E-state index in [1.54, 1.807) is 0 Å². The van der Waals surface area contributed by atoms with Gasteiger partial charge in [0.15, 0.2) is 11.6 Å². The maximum Gasteiger partial charge on any atom is 1.00 e. The first-order valence-electron chi connectivity index (χ1n) is 3.08. The van der Waals surface area contributed by atoms with Crippen LogP contribution >= 0.6 is 0 Å². The van der Waals surface area contributed by atoms with Crippen molar-refractivity contribution in [2.24, 2.45) is 0 Å². The van der Waals surface area contributed by atoms with Crippen LogP contribution in [0, 0.1) is 5.82 Å². The molecule has 13 heavy (non-hydrogen) atoms. The molecule has 1 aromatic rings. The topological polar surface area (TPSA) is 49.4 Å². The van der Waals surface area contributed by atoms with Crippen molar-refractivity contribution in [3.8, 4) is 5.75 Å². The molecule has 0 saturated heterocycles. The molecule has 0 fully saturated rings. The maximum absolute atomic E-state index is 12.8. The van der Waals surface area contributed by atoms with Gasteiger partial charge >= 0.3 is 29.6 Å². The fourth-order valence-corrected chi connectivity index (χ4v) is 1.13. The largest absolute Gasteiger partial charge is 1.00 e. The molecule has 0 bridgehead atoms. The summed E-state index contributed by atoms with van der Waals surface area (Å²) in [7, 11) is 1.31. The molecule has 0 N–H and O–H groups in total. The monoisotopic (exact) mass is 212 g/mol. The van der Waals surface area contributed by atoms with Gasteiger partial charge in [0.25, 0.3) is 0 Å². The van der Waals surface area contributed by atoms with E-state index in [0.29, 0.717) is 0 Å². The molecule has 0 aromatic heterocycles. The van der Waals surface area contributed by atoms with Gasteiger partial charge < -0.3 is 9.29 Å². The van der Waals surface area contributed by atoms with Crippen LogP contribution in [-0.4, -0.2) is 15.9 Å². The Morgan fingerprint density at radius 2 is 2.15 bits per heavy atom. The van der Waals surface area contributed by atoms with E-state index in [4.69, 9.17) is 0 Å². The minimum Gasteiger partial charge on any atom is -0.768 e. The average Bonchev–Trinajstić information content (AvgIpc) is 2.04. The third-order valence-corrected chi connectivity index (χ3v) is 1.95. The average molecular weight is 212 g/mol. The van der Waals surface area contributed by atoms with Crippen molar-refractivity contribution in [2.75, 3.05) is 7.11 Å². The van der Waals surface area contributed by atoms with E-state index in [1.807, 2.05) is 0 Å². The number of hydrogen-bond donors (Lipinski definition) is 0.